The van der Waals surface area contributed by atoms with E-state index < -0.39 is 11.9 Å². The summed E-state index contributed by atoms with van der Waals surface area (Å²) in [6.45, 7) is 4.50. The number of hydrogen-bond donors (Lipinski definition) is 1. The number of carbonyl (C=O) groups is 2. The van der Waals surface area contributed by atoms with Crippen molar-refractivity contribution >= 4 is 56.0 Å². The molecule has 0 aromatic heterocycles. The minimum absolute atomic E-state index is 0.116. The first-order chi connectivity index (χ1) is 18.3. The Balaban J connectivity index is 1.61. The van der Waals surface area contributed by atoms with Gasteiger partial charge in [0.1, 0.15) is 6.61 Å². The van der Waals surface area contributed by atoms with Crippen LogP contribution < -0.4 is 14.8 Å². The molecule has 194 valence electrons. The predicted octanol–water partition coefficient (Wildman–Crippen LogP) is 6.77. The summed E-state index contributed by atoms with van der Waals surface area (Å²) in [6.07, 6.45) is 0. The van der Waals surface area contributed by atoms with Crippen LogP contribution in [-0.4, -0.2) is 25.5 Å². The van der Waals surface area contributed by atoms with E-state index in [1.165, 1.54) is 7.11 Å². The van der Waals surface area contributed by atoms with Crippen molar-refractivity contribution in [2.45, 2.75) is 26.4 Å². The fraction of sp³-hybridized carbons (Fsp3) is 0.200. The maximum absolute atomic E-state index is 13.7. The Morgan fingerprint density at radius 2 is 1.76 bits per heavy atom. The Morgan fingerprint density at radius 1 is 1.05 bits per heavy atom. The summed E-state index contributed by atoms with van der Waals surface area (Å²) in [4.78, 5) is 26.7. The first-order valence-corrected chi connectivity index (χ1v) is 14.0. The summed E-state index contributed by atoms with van der Waals surface area (Å²) in [6, 6.07) is 19.3. The zero-order chi connectivity index (χ0) is 27.0. The monoisotopic (exact) mass is 685 g/mol. The Labute approximate surface area is 243 Å². The van der Waals surface area contributed by atoms with E-state index in [0.29, 0.717) is 57.3 Å². The third kappa shape index (κ3) is 4.75. The normalized spacial score (nSPS) is 16.1. The molecule has 0 fully saturated rings. The molecular formula is C30H25BrINO5. The average Bonchev–Trinajstić information content (AvgIpc) is 3.19. The van der Waals surface area contributed by atoms with Crippen LogP contribution in [0.5, 0.6) is 11.5 Å². The fourth-order valence-electron chi connectivity index (χ4n) is 4.94. The number of allylic oxidation sites excluding steroid dienone is 2. The summed E-state index contributed by atoms with van der Waals surface area (Å²) in [5, 5.41) is 3.31. The van der Waals surface area contributed by atoms with E-state index in [1.54, 1.807) is 0 Å². The number of carbonyl (C=O) groups excluding carboxylic acids is 2. The number of methoxy groups -OCH3 is 1. The summed E-state index contributed by atoms with van der Waals surface area (Å²) < 4.78 is 19.2. The van der Waals surface area contributed by atoms with Gasteiger partial charge in [0.2, 0.25) is 0 Å². The molecule has 0 spiro atoms. The molecule has 0 saturated carbocycles. The molecule has 0 unspecified atom stereocenters. The number of Topliss-reactive ketones (excluding diaryl/α,β-unsaturated/α-hetero) is 1. The van der Waals surface area contributed by atoms with Gasteiger partial charge >= 0.3 is 5.97 Å². The maximum Gasteiger partial charge on any atom is 0.336 e. The molecule has 3 aromatic carbocycles. The molecule has 1 heterocycles. The molecule has 3 aromatic rings. The molecular weight excluding hydrogens is 661 g/mol. The number of ether oxygens (including phenoxy) is 3. The molecule has 1 N–H and O–H groups in total. The van der Waals surface area contributed by atoms with E-state index in [9.17, 15) is 9.59 Å². The van der Waals surface area contributed by atoms with Gasteiger partial charge in [0, 0.05) is 31.9 Å². The first-order valence-electron chi connectivity index (χ1n) is 12.1. The van der Waals surface area contributed by atoms with Crippen LogP contribution in [0.2, 0.25) is 0 Å². The summed E-state index contributed by atoms with van der Waals surface area (Å²) in [5.74, 6) is -0.190. The Hall–Kier alpha value is -3.11. The van der Waals surface area contributed by atoms with Crippen molar-refractivity contribution in [2.75, 3.05) is 13.7 Å². The number of fused-ring (bicyclic) bond motifs is 2. The van der Waals surface area contributed by atoms with Gasteiger partial charge in [0.15, 0.2) is 17.3 Å². The summed E-state index contributed by atoms with van der Waals surface area (Å²) >= 11 is 5.94. The Bertz CT molecular complexity index is 1510. The molecule has 0 bridgehead atoms. The molecule has 0 saturated heterocycles. The standard InChI is InChI=1S/C30H25BrINO5/c1-4-37-23-14-18(13-22(31)29(23)38-15-17-9-11-19(32)12-10-17)25-24(30(35)36-3)16(2)33-27-20-7-5-6-8-21(20)28(34)26(25)27/h5-14,25,33H,4,15H2,1-3H3/t25-/m0/s1. The van der Waals surface area contributed by atoms with Gasteiger partial charge in [-0.25, -0.2) is 4.79 Å². The lowest BCUT2D eigenvalue weighted by Gasteiger charge is -2.29. The minimum atomic E-state index is -0.653. The molecule has 8 heteroatoms. The highest BCUT2D eigenvalue weighted by Crippen LogP contribution is 2.49. The lowest BCUT2D eigenvalue weighted by Crippen LogP contribution is -2.29. The number of ketones is 1. The molecule has 0 amide bonds. The molecule has 38 heavy (non-hydrogen) atoms. The number of benzene rings is 3. The lowest BCUT2D eigenvalue weighted by molar-refractivity contribution is -0.136. The number of nitrogens with one attached hydrogen (secondary N) is 1. The summed E-state index contributed by atoms with van der Waals surface area (Å²) in [5.41, 5.74) is 5.42. The molecule has 6 nitrogen and oxygen atoms in total. The predicted molar refractivity (Wildman–Crippen MR) is 157 cm³/mol. The van der Waals surface area contributed by atoms with Crippen LogP contribution in [0, 0.1) is 3.57 Å². The molecule has 1 atom stereocenters. The largest absolute Gasteiger partial charge is 0.490 e. The Kier molecular flexibility index (Phi) is 7.63. The van der Waals surface area contributed by atoms with Gasteiger partial charge in [-0.3, -0.25) is 4.79 Å². The van der Waals surface area contributed by atoms with Gasteiger partial charge in [-0.1, -0.05) is 36.4 Å². The van der Waals surface area contributed by atoms with Crippen molar-refractivity contribution in [1.29, 1.82) is 0 Å². The van der Waals surface area contributed by atoms with Crippen LogP contribution in [0.15, 0.2) is 82.0 Å². The topological polar surface area (TPSA) is 73.9 Å². The van der Waals surface area contributed by atoms with Crippen LogP contribution in [0.4, 0.5) is 0 Å². The Morgan fingerprint density at radius 3 is 2.45 bits per heavy atom. The zero-order valence-corrected chi connectivity index (χ0v) is 24.8. The second-order valence-electron chi connectivity index (χ2n) is 8.93. The molecule has 5 rings (SSSR count). The second kappa shape index (κ2) is 10.9. The van der Waals surface area contributed by atoms with Gasteiger partial charge in [-0.05, 0) is 87.8 Å². The van der Waals surface area contributed by atoms with E-state index in [-0.39, 0.29) is 5.78 Å². The van der Waals surface area contributed by atoms with E-state index >= 15 is 0 Å². The number of rotatable bonds is 7. The van der Waals surface area contributed by atoms with Gasteiger partial charge in [0.05, 0.1) is 29.5 Å². The van der Waals surface area contributed by atoms with Crippen LogP contribution in [0.3, 0.4) is 0 Å². The smallest absolute Gasteiger partial charge is 0.336 e. The SMILES string of the molecule is CCOc1cc([C@H]2C(C(=O)OC)=C(C)NC3=C2C(=O)c2ccccc23)cc(Br)c1OCc1ccc(I)cc1. The zero-order valence-electron chi connectivity index (χ0n) is 21.1. The molecule has 0 radical (unpaired) electrons. The third-order valence-electron chi connectivity index (χ3n) is 6.62. The van der Waals surface area contributed by atoms with Crippen LogP contribution >= 0.6 is 38.5 Å². The van der Waals surface area contributed by atoms with Crippen molar-refractivity contribution in [1.82, 2.24) is 5.32 Å². The van der Waals surface area contributed by atoms with Crippen LogP contribution in [0.25, 0.3) is 5.70 Å². The van der Waals surface area contributed by atoms with E-state index in [4.69, 9.17) is 14.2 Å². The van der Waals surface area contributed by atoms with Gasteiger partial charge in [-0.2, -0.15) is 0 Å². The number of halogens is 2. The summed E-state index contributed by atoms with van der Waals surface area (Å²) in [7, 11) is 1.35. The number of hydrogen-bond acceptors (Lipinski definition) is 6. The second-order valence-corrected chi connectivity index (χ2v) is 11.0. The highest BCUT2D eigenvalue weighted by atomic mass is 127. The quantitative estimate of drug-likeness (QED) is 0.219. The van der Waals surface area contributed by atoms with Crippen molar-refractivity contribution in [2.24, 2.45) is 0 Å². The van der Waals surface area contributed by atoms with Crippen molar-refractivity contribution < 1.29 is 23.8 Å². The van der Waals surface area contributed by atoms with E-state index in [0.717, 1.165) is 20.3 Å². The average molecular weight is 686 g/mol. The van der Waals surface area contributed by atoms with Gasteiger partial charge in [0.25, 0.3) is 0 Å². The van der Waals surface area contributed by atoms with E-state index in [1.807, 2.05) is 74.5 Å². The van der Waals surface area contributed by atoms with Gasteiger partial charge < -0.3 is 19.5 Å². The minimum Gasteiger partial charge on any atom is -0.490 e. The van der Waals surface area contributed by atoms with Crippen LogP contribution in [0.1, 0.15) is 46.8 Å². The van der Waals surface area contributed by atoms with Gasteiger partial charge in [-0.15, -0.1) is 0 Å². The third-order valence-corrected chi connectivity index (χ3v) is 7.92. The highest BCUT2D eigenvalue weighted by Gasteiger charge is 2.43. The number of esters is 1. The van der Waals surface area contributed by atoms with Crippen molar-refractivity contribution in [3.8, 4) is 11.5 Å². The molecule has 2 aliphatic rings. The lowest BCUT2D eigenvalue weighted by atomic mass is 9.79. The van der Waals surface area contributed by atoms with Crippen molar-refractivity contribution in [3.05, 3.63) is 108 Å². The number of dihydropyridines is 1. The van der Waals surface area contributed by atoms with Crippen molar-refractivity contribution in [3.63, 3.8) is 0 Å². The fourth-order valence-corrected chi connectivity index (χ4v) is 5.87. The van der Waals surface area contributed by atoms with E-state index in [2.05, 4.69) is 43.8 Å². The maximum atomic E-state index is 13.7. The highest BCUT2D eigenvalue weighted by molar-refractivity contribution is 14.1. The molecule has 1 aliphatic carbocycles. The van der Waals surface area contributed by atoms with Crippen LogP contribution in [-0.2, 0) is 16.1 Å². The molecule has 1 aliphatic heterocycles. The first kappa shape index (κ1) is 26.5.